The van der Waals surface area contributed by atoms with Crippen LogP contribution in [0, 0.1) is 0 Å². The Morgan fingerprint density at radius 2 is 2.00 bits per heavy atom. The first-order valence-electron chi connectivity index (χ1n) is 11.6. The number of furan rings is 1. The first kappa shape index (κ1) is 22.5. The molecule has 1 atom stereocenters. The van der Waals surface area contributed by atoms with Gasteiger partial charge in [-0.05, 0) is 36.8 Å². The minimum absolute atomic E-state index is 0.0208. The summed E-state index contributed by atoms with van der Waals surface area (Å²) in [6.07, 6.45) is 6.20. The number of aromatic amines is 1. The number of fused-ring (bicyclic) bond motifs is 1. The average Bonchev–Trinajstić information content (AvgIpc) is 3.60. The number of aryl methyl sites for hydroxylation is 1. The summed E-state index contributed by atoms with van der Waals surface area (Å²) in [4.78, 5) is 31.3. The number of nitrogens with zero attached hydrogens (tertiary/aromatic N) is 2. The molecule has 178 valence electrons. The van der Waals surface area contributed by atoms with Gasteiger partial charge in [-0.2, -0.15) is 0 Å². The molecule has 2 aromatic heterocycles. The molecule has 3 heterocycles. The summed E-state index contributed by atoms with van der Waals surface area (Å²) in [6, 6.07) is 15.4. The normalized spacial score (nSPS) is 15.9. The lowest BCUT2D eigenvalue weighted by molar-refractivity contribution is -0.695. The number of ether oxygens (including phenoxy) is 1. The molecule has 8 nitrogen and oxygen atoms in total. The van der Waals surface area contributed by atoms with Crippen molar-refractivity contribution in [1.29, 1.82) is 0 Å². The third-order valence-corrected chi connectivity index (χ3v) is 6.12. The highest BCUT2D eigenvalue weighted by molar-refractivity contribution is 6.16. The number of carbonyl (C=O) groups excluding carboxylic acids is 2. The molecule has 0 radical (unpaired) electrons. The first-order chi connectivity index (χ1) is 17.1. The van der Waals surface area contributed by atoms with E-state index >= 15 is 0 Å². The Morgan fingerprint density at radius 3 is 2.71 bits per heavy atom. The second kappa shape index (κ2) is 9.50. The number of Topliss-reactive ketones (excluding diaryl/α,β-unsaturated/α-hetero) is 1. The quantitative estimate of drug-likeness (QED) is 0.282. The zero-order chi connectivity index (χ0) is 24.4. The van der Waals surface area contributed by atoms with Gasteiger partial charge in [-0.25, -0.2) is 4.57 Å². The van der Waals surface area contributed by atoms with E-state index in [4.69, 9.17) is 9.15 Å². The number of nitrogens with one attached hydrogen (secondary N) is 1. The lowest BCUT2D eigenvalue weighted by atomic mass is 9.95. The van der Waals surface area contributed by atoms with Crippen LogP contribution in [0.2, 0.25) is 0 Å². The zero-order valence-electron chi connectivity index (χ0n) is 19.3. The van der Waals surface area contributed by atoms with E-state index in [1.165, 1.54) is 0 Å². The molecule has 1 amide bonds. The summed E-state index contributed by atoms with van der Waals surface area (Å²) in [6.45, 7) is 3.46. The van der Waals surface area contributed by atoms with Crippen LogP contribution in [0.15, 0.2) is 89.1 Å². The lowest BCUT2D eigenvalue weighted by Gasteiger charge is -2.26. The maximum atomic E-state index is 13.6. The number of hydrogen-bond donors (Lipinski definition) is 2. The predicted octanol–water partition coefficient (Wildman–Crippen LogP) is 4.12. The number of ketones is 1. The van der Waals surface area contributed by atoms with Crippen LogP contribution in [0.1, 0.15) is 35.5 Å². The fraction of sp³-hybridized carbons (Fsp3) is 0.222. The van der Waals surface area contributed by atoms with Crippen molar-refractivity contribution in [2.75, 3.05) is 13.2 Å². The summed E-state index contributed by atoms with van der Waals surface area (Å²) in [7, 11) is 0. The number of aliphatic hydroxyl groups is 1. The van der Waals surface area contributed by atoms with Crippen LogP contribution in [0.4, 0.5) is 0 Å². The SMILES string of the molecule is CCOc1ccc(C2C(C(=O)c3cc4ccccc4o3)=C(O)C(=O)N2CCC[n+]2cc[nH]c2)cc1. The number of carbonyl (C=O) groups is 2. The van der Waals surface area contributed by atoms with Crippen LogP contribution in [-0.4, -0.2) is 39.8 Å². The second-order valence-corrected chi connectivity index (χ2v) is 8.35. The molecule has 1 aliphatic heterocycles. The fourth-order valence-electron chi connectivity index (χ4n) is 4.49. The Balaban J connectivity index is 1.49. The molecule has 0 saturated carbocycles. The highest BCUT2D eigenvalue weighted by Crippen LogP contribution is 2.40. The van der Waals surface area contributed by atoms with Crippen LogP contribution in [0.5, 0.6) is 5.75 Å². The van der Waals surface area contributed by atoms with E-state index in [0.717, 1.165) is 5.39 Å². The van der Waals surface area contributed by atoms with Gasteiger partial charge >= 0.3 is 0 Å². The van der Waals surface area contributed by atoms with Crippen molar-refractivity contribution < 1.29 is 28.4 Å². The number of benzene rings is 2. The molecule has 0 fully saturated rings. The Kier molecular flexibility index (Phi) is 6.10. The van der Waals surface area contributed by atoms with E-state index in [0.29, 0.717) is 43.0 Å². The molecule has 5 rings (SSSR count). The van der Waals surface area contributed by atoms with E-state index in [2.05, 4.69) is 4.98 Å². The van der Waals surface area contributed by atoms with Gasteiger partial charge in [-0.1, -0.05) is 30.3 Å². The molecule has 0 saturated heterocycles. The van der Waals surface area contributed by atoms with E-state index in [1.807, 2.05) is 60.5 Å². The molecular weight excluding hydrogens is 446 g/mol. The predicted molar refractivity (Wildman–Crippen MR) is 128 cm³/mol. The maximum Gasteiger partial charge on any atom is 0.290 e. The van der Waals surface area contributed by atoms with E-state index in [-0.39, 0.29) is 11.3 Å². The molecule has 35 heavy (non-hydrogen) atoms. The summed E-state index contributed by atoms with van der Waals surface area (Å²) in [5, 5.41) is 11.7. The smallest absolute Gasteiger partial charge is 0.290 e. The molecule has 2 aromatic carbocycles. The Hall–Kier alpha value is -4.33. The molecule has 4 aromatic rings. The van der Waals surface area contributed by atoms with Gasteiger partial charge in [0.05, 0.1) is 24.8 Å². The number of H-pyrrole nitrogens is 1. The molecule has 1 unspecified atom stereocenters. The zero-order valence-corrected chi connectivity index (χ0v) is 19.3. The van der Waals surface area contributed by atoms with E-state index < -0.39 is 23.5 Å². The number of hydrogen-bond acceptors (Lipinski definition) is 5. The first-order valence-corrected chi connectivity index (χ1v) is 11.6. The van der Waals surface area contributed by atoms with Gasteiger partial charge < -0.3 is 19.2 Å². The second-order valence-electron chi connectivity index (χ2n) is 8.35. The summed E-state index contributed by atoms with van der Waals surface area (Å²) < 4.78 is 13.3. The number of aliphatic hydroxyl groups excluding tert-OH is 1. The van der Waals surface area contributed by atoms with Crippen LogP contribution in [0.3, 0.4) is 0 Å². The Morgan fingerprint density at radius 1 is 1.20 bits per heavy atom. The van der Waals surface area contributed by atoms with Crippen molar-refractivity contribution in [1.82, 2.24) is 9.88 Å². The van der Waals surface area contributed by atoms with Crippen LogP contribution in [-0.2, 0) is 11.3 Å². The molecule has 8 heteroatoms. The summed E-state index contributed by atoms with van der Waals surface area (Å²) >= 11 is 0. The minimum atomic E-state index is -0.741. The van der Waals surface area contributed by atoms with Crippen LogP contribution >= 0.6 is 0 Å². The van der Waals surface area contributed by atoms with Crippen LogP contribution in [0.25, 0.3) is 11.0 Å². The van der Waals surface area contributed by atoms with Gasteiger partial charge in [0.2, 0.25) is 12.1 Å². The van der Waals surface area contributed by atoms with Crippen molar-refractivity contribution in [3.8, 4) is 5.75 Å². The minimum Gasteiger partial charge on any atom is -0.503 e. The number of para-hydroxylation sites is 1. The molecule has 2 N–H and O–H groups in total. The number of imidazole rings is 1. The number of amides is 1. The molecular formula is C27H26N3O5+. The summed E-state index contributed by atoms with van der Waals surface area (Å²) in [5.74, 6) is -0.838. The third-order valence-electron chi connectivity index (χ3n) is 6.12. The summed E-state index contributed by atoms with van der Waals surface area (Å²) in [5.41, 5.74) is 1.30. The average molecular weight is 473 g/mol. The van der Waals surface area contributed by atoms with Gasteiger partial charge in [0.1, 0.15) is 23.7 Å². The Bertz CT molecular complexity index is 1350. The van der Waals surface area contributed by atoms with Crippen molar-refractivity contribution in [3.63, 3.8) is 0 Å². The highest BCUT2D eigenvalue weighted by atomic mass is 16.5. The third kappa shape index (κ3) is 4.30. The molecule has 0 aliphatic carbocycles. The van der Waals surface area contributed by atoms with Gasteiger partial charge in [0, 0.05) is 18.4 Å². The topological polar surface area (TPSA) is 99.7 Å². The standard InChI is InChI=1S/C27H25N3O5/c1-2-34-20-10-8-18(9-11-20)24-23(25(31)22-16-19-6-3-4-7-21(19)35-22)26(32)27(33)30(24)14-5-13-29-15-12-28-17-29/h3-4,6-12,15-17,24H,2,5,13-14H2,1H3,(H,31,32)/p+1. The van der Waals surface area contributed by atoms with Crippen molar-refractivity contribution >= 4 is 22.7 Å². The highest BCUT2D eigenvalue weighted by Gasteiger charge is 2.44. The maximum absolute atomic E-state index is 13.6. The largest absolute Gasteiger partial charge is 0.503 e. The van der Waals surface area contributed by atoms with Crippen molar-refractivity contribution in [2.45, 2.75) is 25.9 Å². The van der Waals surface area contributed by atoms with Gasteiger partial charge in [0.25, 0.3) is 5.91 Å². The van der Waals surface area contributed by atoms with Crippen molar-refractivity contribution in [2.24, 2.45) is 0 Å². The van der Waals surface area contributed by atoms with Crippen LogP contribution < -0.4 is 9.30 Å². The monoisotopic (exact) mass is 472 g/mol. The fourth-order valence-corrected chi connectivity index (χ4v) is 4.49. The van der Waals surface area contributed by atoms with Crippen molar-refractivity contribution in [3.05, 3.63) is 96.0 Å². The molecule has 0 spiro atoms. The lowest BCUT2D eigenvalue weighted by Crippen LogP contribution is -2.36. The van der Waals surface area contributed by atoms with E-state index in [9.17, 15) is 14.7 Å². The number of rotatable bonds is 9. The van der Waals surface area contributed by atoms with Gasteiger partial charge in [0.15, 0.2) is 11.5 Å². The molecule has 1 aliphatic rings. The Labute approximate surface area is 202 Å². The van der Waals surface area contributed by atoms with Gasteiger partial charge in [-0.15, -0.1) is 0 Å². The van der Waals surface area contributed by atoms with E-state index in [1.54, 1.807) is 29.2 Å². The van der Waals surface area contributed by atoms with Gasteiger partial charge in [-0.3, -0.25) is 14.6 Å². The number of aromatic nitrogens is 2. The molecule has 0 bridgehead atoms.